The minimum Gasteiger partial charge on any atom is -0.453 e. The fraction of sp³-hybridized carbons (Fsp3) is 0.200. The Morgan fingerprint density at radius 3 is 2.57 bits per heavy atom. The third-order valence-corrected chi connectivity index (χ3v) is 4.22. The van der Waals surface area contributed by atoms with Crippen LogP contribution >= 0.6 is 0 Å². The highest BCUT2D eigenvalue weighted by Gasteiger charge is 2.17. The highest BCUT2D eigenvalue weighted by Crippen LogP contribution is 2.36. The third-order valence-electron chi connectivity index (χ3n) is 4.22. The maximum Gasteiger partial charge on any atom is 0.157 e. The molecule has 0 atom stereocenters. The molecule has 4 aromatic rings. The summed E-state index contributed by atoms with van der Waals surface area (Å²) in [6.07, 6.45) is 3.70. The molecule has 0 fully saturated rings. The van der Waals surface area contributed by atoms with Gasteiger partial charge in [0.25, 0.3) is 0 Å². The second-order valence-electron chi connectivity index (χ2n) is 6.24. The largest absolute Gasteiger partial charge is 0.453 e. The minimum atomic E-state index is 0.390. The lowest BCUT2D eigenvalue weighted by molar-refractivity contribution is 0.656. The van der Waals surface area contributed by atoms with E-state index >= 15 is 0 Å². The molecule has 0 aliphatic rings. The summed E-state index contributed by atoms with van der Waals surface area (Å²) in [7, 11) is 0. The average Bonchev–Trinajstić information content (AvgIpc) is 2.93. The first-order valence-corrected chi connectivity index (χ1v) is 7.88. The van der Waals surface area contributed by atoms with Gasteiger partial charge in [-0.05, 0) is 48.7 Å². The summed E-state index contributed by atoms with van der Waals surface area (Å²) >= 11 is 0. The first-order valence-electron chi connectivity index (χ1n) is 7.88. The maximum absolute atomic E-state index is 6.27. The summed E-state index contributed by atoms with van der Waals surface area (Å²) in [4.78, 5) is 9.06. The van der Waals surface area contributed by atoms with Gasteiger partial charge >= 0.3 is 0 Å². The number of pyridine rings is 2. The van der Waals surface area contributed by atoms with E-state index < -0.39 is 0 Å². The van der Waals surface area contributed by atoms with Crippen molar-refractivity contribution in [2.45, 2.75) is 26.7 Å². The summed E-state index contributed by atoms with van der Waals surface area (Å²) in [6, 6.07) is 12.3. The number of hydrogen-bond donors (Lipinski definition) is 0. The van der Waals surface area contributed by atoms with E-state index in [2.05, 4.69) is 48.9 Å². The van der Waals surface area contributed by atoms with E-state index in [9.17, 15) is 0 Å². The number of fused-ring (bicyclic) bond motifs is 3. The van der Waals surface area contributed by atoms with Crippen LogP contribution in [0.4, 0.5) is 0 Å². The Morgan fingerprint density at radius 1 is 0.957 bits per heavy atom. The molecule has 4 rings (SSSR count). The second-order valence-corrected chi connectivity index (χ2v) is 6.24. The molecule has 0 spiro atoms. The number of benzene rings is 1. The van der Waals surface area contributed by atoms with Gasteiger partial charge in [-0.15, -0.1) is 0 Å². The van der Waals surface area contributed by atoms with Gasteiger partial charge in [-0.25, -0.2) is 0 Å². The molecule has 1 aromatic carbocycles. The second kappa shape index (κ2) is 5.20. The SMILES string of the molecule is Cc1ccnc(-c2cccc3c2oc2c(C(C)C)ccnc23)c1. The molecule has 0 aliphatic carbocycles. The van der Waals surface area contributed by atoms with E-state index in [-0.39, 0.29) is 0 Å². The van der Waals surface area contributed by atoms with E-state index in [1.54, 1.807) is 0 Å². The van der Waals surface area contributed by atoms with E-state index in [0.29, 0.717) is 5.92 Å². The van der Waals surface area contributed by atoms with Crippen molar-refractivity contribution in [2.24, 2.45) is 0 Å². The molecule has 3 aromatic heterocycles. The van der Waals surface area contributed by atoms with E-state index in [1.807, 2.05) is 30.6 Å². The van der Waals surface area contributed by atoms with Gasteiger partial charge in [0.1, 0.15) is 11.1 Å². The van der Waals surface area contributed by atoms with Crippen LogP contribution in [0.2, 0.25) is 0 Å². The molecule has 23 heavy (non-hydrogen) atoms. The van der Waals surface area contributed by atoms with Crippen molar-refractivity contribution in [3.05, 3.63) is 59.9 Å². The standard InChI is InChI=1S/C20H18N2O/c1-12(2)14-8-10-22-18-16-6-4-5-15(19(16)23-20(14)18)17-11-13(3)7-9-21-17/h4-12H,1-3H3. The normalized spacial score (nSPS) is 11.7. The van der Waals surface area contributed by atoms with Gasteiger partial charge < -0.3 is 4.42 Å². The van der Waals surface area contributed by atoms with Crippen molar-refractivity contribution < 1.29 is 4.42 Å². The molecule has 114 valence electrons. The third kappa shape index (κ3) is 2.20. The van der Waals surface area contributed by atoms with E-state index in [1.165, 1.54) is 11.1 Å². The zero-order valence-electron chi connectivity index (χ0n) is 13.5. The molecule has 0 radical (unpaired) electrons. The van der Waals surface area contributed by atoms with Crippen molar-refractivity contribution in [1.29, 1.82) is 0 Å². The number of aryl methyl sites for hydroxylation is 1. The molecule has 3 nitrogen and oxygen atoms in total. The molecule has 0 unspecified atom stereocenters. The van der Waals surface area contributed by atoms with Crippen LogP contribution in [0.15, 0.2) is 53.2 Å². The van der Waals surface area contributed by atoms with Gasteiger partial charge in [0.05, 0.1) is 5.69 Å². The minimum absolute atomic E-state index is 0.390. The first kappa shape index (κ1) is 13.9. The summed E-state index contributed by atoms with van der Waals surface area (Å²) in [6.45, 7) is 6.42. The predicted molar refractivity (Wildman–Crippen MR) is 93.6 cm³/mol. The van der Waals surface area contributed by atoms with Crippen molar-refractivity contribution in [1.82, 2.24) is 9.97 Å². The van der Waals surface area contributed by atoms with Crippen molar-refractivity contribution >= 4 is 22.1 Å². The summed E-state index contributed by atoms with van der Waals surface area (Å²) in [5.74, 6) is 0.390. The average molecular weight is 302 g/mol. The summed E-state index contributed by atoms with van der Waals surface area (Å²) in [5.41, 5.74) is 7.00. The molecule has 0 amide bonds. The lowest BCUT2D eigenvalue weighted by Gasteiger charge is -2.04. The zero-order chi connectivity index (χ0) is 16.0. The van der Waals surface area contributed by atoms with Crippen LogP contribution in [-0.4, -0.2) is 9.97 Å². The summed E-state index contributed by atoms with van der Waals surface area (Å²) in [5, 5.41) is 1.04. The molecule has 0 aliphatic heterocycles. The zero-order valence-corrected chi connectivity index (χ0v) is 13.5. The molecule has 0 saturated carbocycles. The lowest BCUT2D eigenvalue weighted by atomic mass is 10.0. The van der Waals surface area contributed by atoms with Gasteiger partial charge in [-0.1, -0.05) is 19.9 Å². The number of rotatable bonds is 2. The molecular weight excluding hydrogens is 284 g/mol. The Kier molecular flexibility index (Phi) is 3.15. The highest BCUT2D eigenvalue weighted by atomic mass is 16.3. The molecule has 0 bridgehead atoms. The molecule has 3 heteroatoms. The molecule has 0 N–H and O–H groups in total. The fourth-order valence-electron chi connectivity index (χ4n) is 3.04. The monoisotopic (exact) mass is 302 g/mol. The molecule has 0 saturated heterocycles. The Balaban J connectivity index is 2.08. The van der Waals surface area contributed by atoms with Crippen molar-refractivity contribution in [3.8, 4) is 11.3 Å². The first-order chi connectivity index (χ1) is 11.1. The number of hydrogen-bond acceptors (Lipinski definition) is 3. The number of aromatic nitrogens is 2. The van der Waals surface area contributed by atoms with Gasteiger partial charge in [-0.3, -0.25) is 9.97 Å². The Hall–Kier alpha value is -2.68. The Morgan fingerprint density at radius 2 is 1.78 bits per heavy atom. The Labute approximate surface area is 135 Å². The Bertz CT molecular complexity index is 1010. The maximum atomic E-state index is 6.27. The molecule has 3 heterocycles. The highest BCUT2D eigenvalue weighted by molar-refractivity contribution is 6.08. The fourth-order valence-corrected chi connectivity index (χ4v) is 3.04. The van der Waals surface area contributed by atoms with Crippen molar-refractivity contribution in [3.63, 3.8) is 0 Å². The predicted octanol–water partition coefficient (Wildman–Crippen LogP) is 5.47. The molecular formula is C20H18N2O. The van der Waals surface area contributed by atoms with Crippen LogP contribution in [0.3, 0.4) is 0 Å². The van der Waals surface area contributed by atoms with Crippen LogP contribution in [-0.2, 0) is 0 Å². The number of nitrogens with zero attached hydrogens (tertiary/aromatic N) is 2. The number of furan rings is 1. The number of para-hydroxylation sites is 1. The van der Waals surface area contributed by atoms with Gasteiger partial charge in [0, 0.05) is 28.9 Å². The van der Waals surface area contributed by atoms with Crippen LogP contribution in [0, 0.1) is 6.92 Å². The quantitative estimate of drug-likeness (QED) is 0.492. The van der Waals surface area contributed by atoms with Gasteiger partial charge in [0.2, 0.25) is 0 Å². The van der Waals surface area contributed by atoms with Crippen LogP contribution < -0.4 is 0 Å². The smallest absolute Gasteiger partial charge is 0.157 e. The lowest BCUT2D eigenvalue weighted by Crippen LogP contribution is -1.88. The van der Waals surface area contributed by atoms with E-state index in [0.717, 1.165) is 33.3 Å². The summed E-state index contributed by atoms with van der Waals surface area (Å²) < 4.78 is 6.27. The van der Waals surface area contributed by atoms with Crippen LogP contribution in [0.25, 0.3) is 33.3 Å². The van der Waals surface area contributed by atoms with Crippen LogP contribution in [0.5, 0.6) is 0 Å². The van der Waals surface area contributed by atoms with Gasteiger partial charge in [0.15, 0.2) is 5.58 Å². The van der Waals surface area contributed by atoms with Gasteiger partial charge in [-0.2, -0.15) is 0 Å². The van der Waals surface area contributed by atoms with Crippen LogP contribution in [0.1, 0.15) is 30.9 Å². The van der Waals surface area contributed by atoms with Crippen molar-refractivity contribution in [2.75, 3.05) is 0 Å². The topological polar surface area (TPSA) is 38.9 Å². The van der Waals surface area contributed by atoms with E-state index in [4.69, 9.17) is 4.42 Å².